The van der Waals surface area contributed by atoms with Gasteiger partial charge in [-0.25, -0.2) is 4.68 Å². The fourth-order valence-corrected chi connectivity index (χ4v) is 4.58. The number of hydrogen-bond donors (Lipinski definition) is 1. The number of anilines is 1. The van der Waals surface area contributed by atoms with Crippen molar-refractivity contribution in [2.24, 2.45) is 0 Å². The highest BCUT2D eigenvalue weighted by Crippen LogP contribution is 2.27. The molecule has 0 spiro atoms. The highest BCUT2D eigenvalue weighted by atomic mass is 35.5. The summed E-state index contributed by atoms with van der Waals surface area (Å²) < 4.78 is 8.28. The smallest absolute Gasteiger partial charge is 0.234 e. The Morgan fingerprint density at radius 2 is 2.07 bits per heavy atom. The van der Waals surface area contributed by atoms with Gasteiger partial charge in [0, 0.05) is 5.02 Å². The molecule has 1 aromatic heterocycles. The Morgan fingerprint density at radius 1 is 1.33 bits per heavy atom. The molecule has 1 heterocycles. The molecular weight excluding hydrogens is 422 g/mol. The maximum atomic E-state index is 12.3. The van der Waals surface area contributed by atoms with Gasteiger partial charge in [-0.2, -0.15) is 0 Å². The number of aromatic nitrogens is 2. The van der Waals surface area contributed by atoms with E-state index in [-0.39, 0.29) is 11.7 Å². The number of carbonyl (C=O) groups is 1. The summed E-state index contributed by atoms with van der Waals surface area (Å²) in [7, 11) is 1.57. The van der Waals surface area contributed by atoms with E-state index >= 15 is 0 Å². The number of nitrogens with zero attached hydrogens (tertiary/aromatic N) is 2. The van der Waals surface area contributed by atoms with Crippen LogP contribution < -0.4 is 10.1 Å². The third-order valence-corrected chi connectivity index (χ3v) is 6.17. The number of nitrogens with one attached hydrogen (secondary N) is 1. The number of ether oxygens (including phenoxy) is 1. The average Bonchev–Trinajstić information content (AvgIpc) is 3.02. The Hall–Kier alpha value is -1.87. The molecule has 3 rings (SSSR count). The molecule has 5 nitrogen and oxygen atoms in total. The zero-order chi connectivity index (χ0) is 19.4. The highest BCUT2D eigenvalue weighted by molar-refractivity contribution is 8.01. The number of methoxy groups -OCH3 is 1. The molecule has 0 saturated carbocycles. The Balaban J connectivity index is 1.66. The van der Waals surface area contributed by atoms with E-state index in [0.29, 0.717) is 20.4 Å². The number of hydrogen-bond acceptors (Lipinski definition) is 6. The van der Waals surface area contributed by atoms with Gasteiger partial charge in [0.05, 0.1) is 24.2 Å². The van der Waals surface area contributed by atoms with E-state index in [1.165, 1.54) is 23.1 Å². The summed E-state index contributed by atoms with van der Waals surface area (Å²) in [5.41, 5.74) is 2.53. The number of thioether (sulfide) groups is 1. The maximum absolute atomic E-state index is 12.3. The van der Waals surface area contributed by atoms with Gasteiger partial charge in [-0.15, -0.1) is 5.10 Å². The average molecular weight is 438 g/mol. The molecule has 1 N–H and O–H groups in total. The van der Waals surface area contributed by atoms with E-state index in [0.717, 1.165) is 15.6 Å². The number of carbonyl (C=O) groups excluding carboxylic acids is 1. The second-order valence-corrected chi connectivity index (χ2v) is 8.84. The van der Waals surface area contributed by atoms with E-state index in [1.807, 2.05) is 37.3 Å². The van der Waals surface area contributed by atoms with Crippen molar-refractivity contribution in [3.05, 3.63) is 57.0 Å². The lowest BCUT2D eigenvalue weighted by Crippen LogP contribution is -2.14. The van der Waals surface area contributed by atoms with E-state index < -0.39 is 0 Å². The minimum absolute atomic E-state index is 0.136. The van der Waals surface area contributed by atoms with Crippen LogP contribution in [0, 0.1) is 10.9 Å². The zero-order valence-electron chi connectivity index (χ0n) is 14.6. The third-order valence-electron chi connectivity index (χ3n) is 3.56. The molecular formula is C18H16ClN3O2S3. The van der Waals surface area contributed by atoms with Gasteiger partial charge in [-0.3, -0.25) is 4.79 Å². The number of amides is 1. The molecule has 140 valence electrons. The predicted octanol–water partition coefficient (Wildman–Crippen LogP) is 5.36. The van der Waals surface area contributed by atoms with Crippen LogP contribution in [0.1, 0.15) is 5.56 Å². The normalized spacial score (nSPS) is 10.6. The number of benzene rings is 2. The molecule has 2 aromatic carbocycles. The van der Waals surface area contributed by atoms with Crippen LogP contribution in [-0.4, -0.2) is 28.6 Å². The molecule has 9 heteroatoms. The van der Waals surface area contributed by atoms with Crippen LogP contribution >= 0.6 is 46.9 Å². The molecule has 0 aliphatic rings. The first-order valence-corrected chi connectivity index (χ1v) is 10.5. The van der Waals surface area contributed by atoms with Crippen molar-refractivity contribution >= 4 is 58.5 Å². The summed E-state index contributed by atoms with van der Waals surface area (Å²) in [5.74, 6) is 0.713. The van der Waals surface area contributed by atoms with Crippen molar-refractivity contribution in [3.8, 4) is 11.4 Å². The van der Waals surface area contributed by atoms with Crippen LogP contribution in [0.15, 0.2) is 46.8 Å². The first-order valence-electron chi connectivity index (χ1n) is 7.89. The van der Waals surface area contributed by atoms with Crippen molar-refractivity contribution in [1.29, 1.82) is 0 Å². The van der Waals surface area contributed by atoms with Crippen LogP contribution in [-0.2, 0) is 4.79 Å². The first kappa shape index (κ1) is 19.9. The molecule has 0 saturated heterocycles. The summed E-state index contributed by atoms with van der Waals surface area (Å²) in [4.78, 5) is 12.3. The van der Waals surface area contributed by atoms with Gasteiger partial charge >= 0.3 is 0 Å². The molecule has 0 aliphatic carbocycles. The minimum atomic E-state index is -0.136. The third kappa shape index (κ3) is 5.10. The Morgan fingerprint density at radius 3 is 2.78 bits per heavy atom. The molecule has 0 aliphatic heterocycles. The number of rotatable bonds is 6. The molecule has 3 aromatic rings. The van der Waals surface area contributed by atoms with Crippen molar-refractivity contribution in [2.75, 3.05) is 18.2 Å². The number of aryl methyl sites for hydroxylation is 1. The maximum Gasteiger partial charge on any atom is 0.234 e. The molecule has 0 radical (unpaired) electrons. The topological polar surface area (TPSA) is 56.1 Å². The molecule has 0 unspecified atom stereocenters. The summed E-state index contributed by atoms with van der Waals surface area (Å²) in [5, 5.41) is 8.01. The van der Waals surface area contributed by atoms with Crippen molar-refractivity contribution in [1.82, 2.24) is 9.78 Å². The van der Waals surface area contributed by atoms with Gasteiger partial charge in [0.25, 0.3) is 0 Å². The molecule has 27 heavy (non-hydrogen) atoms. The summed E-state index contributed by atoms with van der Waals surface area (Å²) in [6.45, 7) is 1.96. The van der Waals surface area contributed by atoms with Crippen LogP contribution in [0.3, 0.4) is 0 Å². The minimum Gasteiger partial charge on any atom is -0.495 e. The van der Waals surface area contributed by atoms with Crippen LogP contribution in [0.5, 0.6) is 5.75 Å². The van der Waals surface area contributed by atoms with Crippen molar-refractivity contribution in [3.63, 3.8) is 0 Å². The fraction of sp³-hybridized carbons (Fsp3) is 0.167. The van der Waals surface area contributed by atoms with Gasteiger partial charge < -0.3 is 10.1 Å². The Bertz CT molecular complexity index is 1020. The lowest BCUT2D eigenvalue weighted by Gasteiger charge is -2.10. The van der Waals surface area contributed by atoms with E-state index in [1.54, 1.807) is 23.9 Å². The summed E-state index contributed by atoms with van der Waals surface area (Å²) >= 11 is 14.0. The first-order chi connectivity index (χ1) is 13.0. The summed E-state index contributed by atoms with van der Waals surface area (Å²) in [6, 6.07) is 12.9. The van der Waals surface area contributed by atoms with Crippen molar-refractivity contribution in [2.45, 2.75) is 11.3 Å². The van der Waals surface area contributed by atoms with E-state index in [4.69, 9.17) is 28.6 Å². The van der Waals surface area contributed by atoms with Gasteiger partial charge in [-0.05, 0) is 61.1 Å². The highest BCUT2D eigenvalue weighted by Gasteiger charge is 2.11. The van der Waals surface area contributed by atoms with Crippen LogP contribution in [0.4, 0.5) is 5.69 Å². The second kappa shape index (κ2) is 8.88. The largest absolute Gasteiger partial charge is 0.495 e. The summed E-state index contributed by atoms with van der Waals surface area (Å²) in [6.07, 6.45) is 0. The monoisotopic (exact) mass is 437 g/mol. The second-order valence-electron chi connectivity index (χ2n) is 5.56. The van der Waals surface area contributed by atoms with Gasteiger partial charge in [0.15, 0.2) is 8.29 Å². The molecule has 1 amide bonds. The lowest BCUT2D eigenvalue weighted by molar-refractivity contribution is -0.113. The van der Waals surface area contributed by atoms with Crippen LogP contribution in [0.2, 0.25) is 5.02 Å². The van der Waals surface area contributed by atoms with Crippen molar-refractivity contribution < 1.29 is 9.53 Å². The van der Waals surface area contributed by atoms with Gasteiger partial charge in [-0.1, -0.05) is 40.8 Å². The Kier molecular flexibility index (Phi) is 6.54. The van der Waals surface area contributed by atoms with E-state index in [2.05, 4.69) is 10.4 Å². The lowest BCUT2D eigenvalue weighted by atomic mass is 10.2. The molecule has 0 atom stereocenters. The molecule has 0 fully saturated rings. The van der Waals surface area contributed by atoms with Gasteiger partial charge in [0.2, 0.25) is 5.91 Å². The SMILES string of the molecule is COc1ccc(C)cc1NC(=O)CSc1nn(-c2ccc(Cl)cc2)c(=S)s1. The van der Waals surface area contributed by atoms with Crippen LogP contribution in [0.25, 0.3) is 5.69 Å². The molecule has 0 bridgehead atoms. The predicted molar refractivity (Wildman–Crippen MR) is 114 cm³/mol. The zero-order valence-corrected chi connectivity index (χ0v) is 17.8. The van der Waals surface area contributed by atoms with E-state index in [9.17, 15) is 4.79 Å². The Labute approximate surface area is 175 Å². The quantitative estimate of drug-likeness (QED) is 0.415. The fourth-order valence-electron chi connectivity index (χ4n) is 2.30. The number of halogens is 1. The van der Waals surface area contributed by atoms with Gasteiger partial charge in [0.1, 0.15) is 5.75 Å². The standard InChI is InChI=1S/C18H16ClN3O2S3/c1-11-3-8-15(24-2)14(9-11)20-16(23)10-26-17-21-22(18(25)27-17)13-6-4-12(19)5-7-13/h3-9H,10H2,1-2H3,(H,20,23).